The highest BCUT2D eigenvalue weighted by Gasteiger charge is 2.43. The number of anilines is 1. The highest BCUT2D eigenvalue weighted by molar-refractivity contribution is 8.05. The molecule has 0 aromatic heterocycles. The summed E-state index contributed by atoms with van der Waals surface area (Å²) >= 11 is 7.77. The van der Waals surface area contributed by atoms with Crippen molar-refractivity contribution < 1.29 is 9.53 Å². The van der Waals surface area contributed by atoms with Crippen molar-refractivity contribution in [2.45, 2.75) is 44.1 Å². The molecule has 4 rings (SSSR count). The zero-order valence-electron chi connectivity index (χ0n) is 17.3. The average Bonchev–Trinajstić information content (AvgIpc) is 3.04. The maximum Gasteiger partial charge on any atom is 0.262 e. The quantitative estimate of drug-likeness (QED) is 0.556. The molecular formula is C24H27ClN2O2S. The predicted molar refractivity (Wildman–Crippen MR) is 126 cm³/mol. The predicted octanol–water partition coefficient (Wildman–Crippen LogP) is 6.24. The average molecular weight is 443 g/mol. The molecular weight excluding hydrogens is 416 g/mol. The lowest BCUT2D eigenvalue weighted by atomic mass is 9.85. The molecule has 1 saturated heterocycles. The summed E-state index contributed by atoms with van der Waals surface area (Å²) < 4.78 is 5.48. The van der Waals surface area contributed by atoms with Crippen molar-refractivity contribution in [2.24, 2.45) is 5.92 Å². The second-order valence-corrected chi connectivity index (χ2v) is 9.48. The van der Waals surface area contributed by atoms with E-state index in [1.54, 1.807) is 24.9 Å². The van der Waals surface area contributed by atoms with Crippen molar-refractivity contribution in [3.8, 4) is 5.75 Å². The van der Waals surface area contributed by atoms with Gasteiger partial charge in [-0.05, 0) is 55.2 Å². The maximum absolute atomic E-state index is 13.6. The lowest BCUT2D eigenvalue weighted by Crippen LogP contribution is -2.48. The number of methoxy groups -OCH3 is 1. The standard InChI is InChI=1S/C24H27ClN2O2S/c1-16-8-6-7-11-20(16)27-23(28)22(15-17-14-18(25)12-13-21(17)29-2)30-24(27)26-19-9-4-3-5-10-19/h3-5,9-10,12-16,20,24,26H,6-8,11H2,1-2H3/b22-15-/t16-,20-,24?/m0/s1. The van der Waals surface area contributed by atoms with E-state index < -0.39 is 0 Å². The minimum absolute atomic E-state index is 0.0780. The molecule has 2 aromatic rings. The summed E-state index contributed by atoms with van der Waals surface area (Å²) in [5.41, 5.74) is 1.69. The number of halogens is 1. The summed E-state index contributed by atoms with van der Waals surface area (Å²) in [6.45, 7) is 2.27. The lowest BCUT2D eigenvalue weighted by Gasteiger charge is -2.39. The third-order valence-corrected chi connectivity index (χ3v) is 7.25. The van der Waals surface area contributed by atoms with Crippen LogP contribution in [0.1, 0.15) is 38.2 Å². The second-order valence-electron chi connectivity index (χ2n) is 7.92. The zero-order valence-corrected chi connectivity index (χ0v) is 18.9. The van der Waals surface area contributed by atoms with Crippen LogP contribution in [0.25, 0.3) is 6.08 Å². The van der Waals surface area contributed by atoms with Crippen LogP contribution in [-0.4, -0.2) is 29.5 Å². The van der Waals surface area contributed by atoms with Gasteiger partial charge in [-0.15, -0.1) is 0 Å². The van der Waals surface area contributed by atoms with Gasteiger partial charge >= 0.3 is 0 Å². The minimum Gasteiger partial charge on any atom is -0.496 e. The summed E-state index contributed by atoms with van der Waals surface area (Å²) in [6, 6.07) is 15.8. The lowest BCUT2D eigenvalue weighted by molar-refractivity contribution is -0.129. The molecule has 4 nitrogen and oxygen atoms in total. The fraction of sp³-hybridized carbons (Fsp3) is 0.375. The van der Waals surface area contributed by atoms with E-state index in [9.17, 15) is 4.79 Å². The number of amides is 1. The van der Waals surface area contributed by atoms with Gasteiger partial charge in [-0.2, -0.15) is 0 Å². The van der Waals surface area contributed by atoms with Gasteiger partial charge in [-0.25, -0.2) is 0 Å². The molecule has 2 aliphatic rings. The molecule has 1 saturated carbocycles. The molecule has 1 aliphatic carbocycles. The van der Waals surface area contributed by atoms with Gasteiger partial charge in [0.15, 0.2) is 5.50 Å². The molecule has 0 radical (unpaired) electrons. The van der Waals surface area contributed by atoms with Gasteiger partial charge in [0.05, 0.1) is 12.0 Å². The van der Waals surface area contributed by atoms with E-state index in [-0.39, 0.29) is 17.4 Å². The normalized spacial score (nSPS) is 25.6. The Bertz CT molecular complexity index is 934. The molecule has 3 atom stereocenters. The van der Waals surface area contributed by atoms with Crippen LogP contribution < -0.4 is 10.1 Å². The summed E-state index contributed by atoms with van der Waals surface area (Å²) in [5.74, 6) is 1.27. The van der Waals surface area contributed by atoms with Crippen molar-refractivity contribution in [1.29, 1.82) is 0 Å². The topological polar surface area (TPSA) is 41.6 Å². The molecule has 0 bridgehead atoms. The first kappa shape index (κ1) is 21.1. The van der Waals surface area contributed by atoms with E-state index >= 15 is 0 Å². The van der Waals surface area contributed by atoms with Crippen molar-refractivity contribution in [2.75, 3.05) is 12.4 Å². The Morgan fingerprint density at radius 3 is 2.67 bits per heavy atom. The number of carbonyl (C=O) groups excluding carboxylic acids is 1. The van der Waals surface area contributed by atoms with Crippen LogP contribution in [0.5, 0.6) is 5.75 Å². The molecule has 1 aliphatic heterocycles. The Morgan fingerprint density at radius 2 is 1.93 bits per heavy atom. The van der Waals surface area contributed by atoms with Crippen molar-refractivity contribution in [3.05, 3.63) is 64.0 Å². The molecule has 2 fully saturated rings. The first-order valence-corrected chi connectivity index (χ1v) is 11.7. The van der Waals surface area contributed by atoms with E-state index in [2.05, 4.69) is 17.1 Å². The minimum atomic E-state index is -0.137. The van der Waals surface area contributed by atoms with Crippen LogP contribution in [0.3, 0.4) is 0 Å². The molecule has 6 heteroatoms. The highest BCUT2D eigenvalue weighted by atomic mass is 35.5. The van der Waals surface area contributed by atoms with Crippen LogP contribution in [0.15, 0.2) is 53.4 Å². The third kappa shape index (κ3) is 4.47. The summed E-state index contributed by atoms with van der Waals surface area (Å²) in [4.78, 5) is 16.3. The number of para-hydroxylation sites is 1. The number of benzene rings is 2. The number of ether oxygens (including phenoxy) is 1. The van der Waals surface area contributed by atoms with E-state index in [1.807, 2.05) is 48.5 Å². The van der Waals surface area contributed by atoms with Crippen LogP contribution >= 0.6 is 23.4 Å². The van der Waals surface area contributed by atoms with Gasteiger partial charge in [0.1, 0.15) is 5.75 Å². The van der Waals surface area contributed by atoms with Crippen molar-refractivity contribution >= 4 is 41.0 Å². The molecule has 2 aromatic carbocycles. The van der Waals surface area contributed by atoms with E-state index in [4.69, 9.17) is 16.3 Å². The number of nitrogens with one attached hydrogen (secondary N) is 1. The number of hydrogen-bond acceptors (Lipinski definition) is 4. The van der Waals surface area contributed by atoms with Gasteiger partial charge in [0.2, 0.25) is 0 Å². The van der Waals surface area contributed by atoms with Gasteiger partial charge in [-0.1, -0.05) is 61.3 Å². The SMILES string of the molecule is COc1ccc(Cl)cc1/C=C1\SC(Nc2ccccc2)N([C@H]2CCCC[C@@H]2C)C1=O. The molecule has 0 spiro atoms. The fourth-order valence-electron chi connectivity index (χ4n) is 4.33. The summed E-state index contributed by atoms with van der Waals surface area (Å²) in [5, 5.41) is 4.19. The largest absolute Gasteiger partial charge is 0.496 e. The number of hydrogen-bond donors (Lipinski definition) is 1. The van der Waals surface area contributed by atoms with Crippen molar-refractivity contribution in [1.82, 2.24) is 4.90 Å². The maximum atomic E-state index is 13.6. The van der Waals surface area contributed by atoms with E-state index in [0.29, 0.717) is 21.6 Å². The molecule has 1 heterocycles. The monoisotopic (exact) mass is 442 g/mol. The van der Waals surface area contributed by atoms with Gasteiger partial charge in [0, 0.05) is 22.3 Å². The number of thioether (sulfide) groups is 1. The van der Waals surface area contributed by atoms with Gasteiger partial charge in [0.25, 0.3) is 5.91 Å². The molecule has 1 N–H and O–H groups in total. The first-order chi connectivity index (χ1) is 14.6. The Hall–Kier alpha value is -2.11. The summed E-state index contributed by atoms with van der Waals surface area (Å²) in [6.07, 6.45) is 6.53. The Kier molecular flexibility index (Phi) is 6.59. The number of rotatable bonds is 5. The molecule has 1 amide bonds. The second kappa shape index (κ2) is 9.36. The zero-order chi connectivity index (χ0) is 21.1. The molecule has 1 unspecified atom stereocenters. The smallest absolute Gasteiger partial charge is 0.262 e. The number of nitrogens with zero attached hydrogens (tertiary/aromatic N) is 1. The third-order valence-electron chi connectivity index (χ3n) is 5.90. The Balaban J connectivity index is 1.68. The van der Waals surface area contributed by atoms with Crippen LogP contribution in [0.2, 0.25) is 5.02 Å². The number of carbonyl (C=O) groups is 1. The summed E-state index contributed by atoms with van der Waals surface area (Å²) in [7, 11) is 1.63. The molecule has 158 valence electrons. The highest BCUT2D eigenvalue weighted by Crippen LogP contribution is 2.42. The van der Waals surface area contributed by atoms with Crippen LogP contribution in [-0.2, 0) is 4.79 Å². The van der Waals surface area contributed by atoms with Gasteiger partial charge in [-0.3, -0.25) is 4.79 Å². The van der Waals surface area contributed by atoms with E-state index in [1.165, 1.54) is 19.3 Å². The Morgan fingerprint density at radius 1 is 1.17 bits per heavy atom. The van der Waals surface area contributed by atoms with Crippen LogP contribution in [0.4, 0.5) is 5.69 Å². The first-order valence-electron chi connectivity index (χ1n) is 10.4. The fourth-order valence-corrected chi connectivity index (χ4v) is 5.71. The van der Waals surface area contributed by atoms with Crippen LogP contribution in [0, 0.1) is 5.92 Å². The van der Waals surface area contributed by atoms with Gasteiger partial charge < -0.3 is 15.0 Å². The molecule has 30 heavy (non-hydrogen) atoms. The Labute approximate surface area is 187 Å². The van der Waals surface area contributed by atoms with Crippen molar-refractivity contribution in [3.63, 3.8) is 0 Å². The van der Waals surface area contributed by atoms with E-state index in [0.717, 1.165) is 17.7 Å².